The molecule has 1 aromatic rings. The molecule has 1 unspecified atom stereocenters. The van der Waals surface area contributed by atoms with Crippen LogP contribution in [0.4, 0.5) is 0 Å². The Kier molecular flexibility index (Phi) is 5.06. The normalized spacial score (nSPS) is 12.9. The van der Waals surface area contributed by atoms with Gasteiger partial charge in [-0.3, -0.25) is 0 Å². The van der Waals surface area contributed by atoms with Crippen molar-refractivity contribution in [2.45, 2.75) is 13.0 Å². The van der Waals surface area contributed by atoms with Gasteiger partial charge in [-0.25, -0.2) is 0 Å². The molecule has 0 aliphatic carbocycles. The zero-order valence-electron chi connectivity index (χ0n) is 10.0. The van der Waals surface area contributed by atoms with Gasteiger partial charge in [-0.1, -0.05) is 17.7 Å². The molecule has 0 saturated heterocycles. The molecule has 1 aromatic carbocycles. The number of rotatable bonds is 5. The topological polar surface area (TPSA) is 38.5 Å². The third kappa shape index (κ3) is 3.11. The Morgan fingerprint density at radius 3 is 2.56 bits per heavy atom. The number of nitrogens with zero attached hydrogens (tertiary/aromatic N) is 1. The summed E-state index contributed by atoms with van der Waals surface area (Å²) in [5.41, 5.74) is 6.85. The molecule has 90 valence electrons. The number of ether oxygens (including phenoxy) is 1. The molecule has 3 nitrogen and oxygen atoms in total. The number of nitrogens with two attached hydrogens (primary N) is 1. The quantitative estimate of drug-likeness (QED) is 0.861. The lowest BCUT2D eigenvalue weighted by Crippen LogP contribution is -2.27. The third-order valence-corrected chi connectivity index (χ3v) is 2.78. The van der Waals surface area contributed by atoms with Crippen molar-refractivity contribution in [2.75, 3.05) is 27.2 Å². The van der Waals surface area contributed by atoms with Crippen LogP contribution in [0.3, 0.4) is 0 Å². The molecular formula is C12H19ClN2O. The van der Waals surface area contributed by atoms with Gasteiger partial charge in [0.05, 0.1) is 11.6 Å². The Hall–Kier alpha value is -0.770. The van der Waals surface area contributed by atoms with E-state index in [0.717, 1.165) is 11.3 Å². The predicted molar refractivity (Wildman–Crippen MR) is 68.1 cm³/mol. The minimum atomic E-state index is 0.188. The number of likely N-dealkylation sites (N-methyl/N-ethyl adjacent to an activating group) is 1. The fourth-order valence-corrected chi connectivity index (χ4v) is 1.89. The molecular weight excluding hydrogens is 224 g/mol. The maximum atomic E-state index is 6.13. The van der Waals surface area contributed by atoms with Crippen molar-refractivity contribution in [3.8, 4) is 5.75 Å². The van der Waals surface area contributed by atoms with Crippen LogP contribution in [0.15, 0.2) is 18.2 Å². The van der Waals surface area contributed by atoms with Gasteiger partial charge in [0.25, 0.3) is 0 Å². The van der Waals surface area contributed by atoms with Crippen LogP contribution in [0.25, 0.3) is 0 Å². The lowest BCUT2D eigenvalue weighted by atomic mass is 10.1. The summed E-state index contributed by atoms with van der Waals surface area (Å²) in [7, 11) is 4.00. The SMILES string of the molecule is CCOc1ccc(C(CN)N(C)C)cc1Cl. The van der Waals surface area contributed by atoms with E-state index in [-0.39, 0.29) is 6.04 Å². The Morgan fingerprint density at radius 1 is 1.44 bits per heavy atom. The van der Waals surface area contributed by atoms with Crippen LogP contribution in [-0.4, -0.2) is 32.1 Å². The first-order chi connectivity index (χ1) is 7.60. The van der Waals surface area contributed by atoms with Gasteiger partial charge >= 0.3 is 0 Å². The molecule has 0 amide bonds. The van der Waals surface area contributed by atoms with Crippen LogP contribution in [0, 0.1) is 0 Å². The molecule has 0 aliphatic heterocycles. The second-order valence-electron chi connectivity index (χ2n) is 3.84. The summed E-state index contributed by atoms with van der Waals surface area (Å²) >= 11 is 6.13. The second-order valence-corrected chi connectivity index (χ2v) is 4.25. The Balaban J connectivity index is 2.95. The Bertz CT molecular complexity index is 342. The van der Waals surface area contributed by atoms with E-state index in [1.54, 1.807) is 0 Å². The van der Waals surface area contributed by atoms with Crippen molar-refractivity contribution >= 4 is 11.6 Å². The van der Waals surface area contributed by atoms with Gasteiger partial charge in [0, 0.05) is 12.6 Å². The first-order valence-electron chi connectivity index (χ1n) is 5.38. The van der Waals surface area contributed by atoms with Crippen LogP contribution >= 0.6 is 11.6 Å². The lowest BCUT2D eigenvalue weighted by Gasteiger charge is -2.23. The van der Waals surface area contributed by atoms with Crippen molar-refractivity contribution in [3.05, 3.63) is 28.8 Å². The van der Waals surface area contributed by atoms with Crippen LogP contribution in [0.1, 0.15) is 18.5 Å². The molecule has 1 atom stereocenters. The first kappa shape index (κ1) is 13.3. The zero-order chi connectivity index (χ0) is 12.1. The largest absolute Gasteiger partial charge is 0.492 e. The monoisotopic (exact) mass is 242 g/mol. The van der Waals surface area contributed by atoms with Gasteiger partial charge in [0.15, 0.2) is 0 Å². The highest BCUT2D eigenvalue weighted by Gasteiger charge is 2.13. The highest BCUT2D eigenvalue weighted by molar-refractivity contribution is 6.32. The fourth-order valence-electron chi connectivity index (χ4n) is 1.64. The van der Waals surface area contributed by atoms with Crippen molar-refractivity contribution in [3.63, 3.8) is 0 Å². The predicted octanol–water partition coefficient (Wildman–Crippen LogP) is 2.30. The molecule has 0 saturated carbocycles. The van der Waals surface area contributed by atoms with E-state index >= 15 is 0 Å². The Labute approximate surface area is 102 Å². The van der Waals surface area contributed by atoms with Gasteiger partial charge in [-0.2, -0.15) is 0 Å². The molecule has 0 heterocycles. The molecule has 2 N–H and O–H groups in total. The van der Waals surface area contributed by atoms with Crippen molar-refractivity contribution < 1.29 is 4.74 Å². The first-order valence-corrected chi connectivity index (χ1v) is 5.76. The van der Waals surface area contributed by atoms with Crippen LogP contribution in [0.5, 0.6) is 5.75 Å². The van der Waals surface area contributed by atoms with Gasteiger partial charge in [0.2, 0.25) is 0 Å². The summed E-state index contributed by atoms with van der Waals surface area (Å²) < 4.78 is 5.39. The van der Waals surface area contributed by atoms with Gasteiger partial charge in [-0.05, 0) is 38.7 Å². The lowest BCUT2D eigenvalue weighted by molar-refractivity contribution is 0.305. The molecule has 1 rings (SSSR count). The molecule has 16 heavy (non-hydrogen) atoms. The summed E-state index contributed by atoms with van der Waals surface area (Å²) in [6, 6.07) is 6.01. The minimum absolute atomic E-state index is 0.188. The van der Waals surface area contributed by atoms with Crippen molar-refractivity contribution in [1.29, 1.82) is 0 Å². The Morgan fingerprint density at radius 2 is 2.12 bits per heavy atom. The second kappa shape index (κ2) is 6.09. The van der Waals surface area contributed by atoms with Crippen LogP contribution in [0.2, 0.25) is 5.02 Å². The molecule has 0 bridgehead atoms. The van der Waals surface area contributed by atoms with E-state index in [4.69, 9.17) is 22.1 Å². The number of halogens is 1. The fraction of sp³-hybridized carbons (Fsp3) is 0.500. The molecule has 0 aliphatic rings. The summed E-state index contributed by atoms with van der Waals surface area (Å²) in [6.07, 6.45) is 0. The summed E-state index contributed by atoms with van der Waals surface area (Å²) in [6.45, 7) is 3.12. The van der Waals surface area contributed by atoms with E-state index in [1.165, 1.54) is 0 Å². The van der Waals surface area contributed by atoms with E-state index in [0.29, 0.717) is 18.2 Å². The van der Waals surface area contributed by atoms with Crippen molar-refractivity contribution in [1.82, 2.24) is 4.90 Å². The number of hydrogen-bond donors (Lipinski definition) is 1. The highest BCUT2D eigenvalue weighted by atomic mass is 35.5. The maximum absolute atomic E-state index is 6.13. The standard InChI is InChI=1S/C12H19ClN2O/c1-4-16-12-6-5-9(7-10(12)13)11(8-14)15(2)3/h5-7,11H,4,8,14H2,1-3H3. The number of hydrogen-bond acceptors (Lipinski definition) is 3. The molecule has 0 spiro atoms. The molecule has 0 radical (unpaired) electrons. The van der Waals surface area contributed by atoms with Crippen LogP contribution < -0.4 is 10.5 Å². The highest BCUT2D eigenvalue weighted by Crippen LogP contribution is 2.29. The van der Waals surface area contributed by atoms with E-state index in [1.807, 2.05) is 39.2 Å². The van der Waals surface area contributed by atoms with Gasteiger partial charge in [0.1, 0.15) is 5.75 Å². The van der Waals surface area contributed by atoms with Crippen molar-refractivity contribution in [2.24, 2.45) is 5.73 Å². The smallest absolute Gasteiger partial charge is 0.137 e. The average Bonchev–Trinajstić information content (AvgIpc) is 2.22. The minimum Gasteiger partial charge on any atom is -0.492 e. The van der Waals surface area contributed by atoms with Crippen LogP contribution in [-0.2, 0) is 0 Å². The molecule has 0 aromatic heterocycles. The molecule has 4 heteroatoms. The summed E-state index contributed by atoms with van der Waals surface area (Å²) in [5.74, 6) is 0.724. The van der Waals surface area contributed by atoms with E-state index < -0.39 is 0 Å². The summed E-state index contributed by atoms with van der Waals surface area (Å²) in [4.78, 5) is 2.08. The van der Waals surface area contributed by atoms with E-state index in [9.17, 15) is 0 Å². The zero-order valence-corrected chi connectivity index (χ0v) is 10.8. The maximum Gasteiger partial charge on any atom is 0.137 e. The van der Waals surface area contributed by atoms with Gasteiger partial charge in [-0.15, -0.1) is 0 Å². The van der Waals surface area contributed by atoms with Gasteiger partial charge < -0.3 is 15.4 Å². The molecule has 0 fully saturated rings. The third-order valence-electron chi connectivity index (χ3n) is 2.49. The van der Waals surface area contributed by atoms with E-state index in [2.05, 4.69) is 4.90 Å². The average molecular weight is 243 g/mol. The number of benzene rings is 1. The summed E-state index contributed by atoms with van der Waals surface area (Å²) in [5, 5.41) is 0.639.